The molecule has 0 unspecified atom stereocenters. The van der Waals surface area contributed by atoms with Gasteiger partial charge in [0.1, 0.15) is 0 Å². The minimum atomic E-state index is 1.08. The summed E-state index contributed by atoms with van der Waals surface area (Å²) in [5.41, 5.74) is 1.35. The number of nitrogens with zero attached hydrogens (tertiary/aromatic N) is 1. The zero-order chi connectivity index (χ0) is 9.38. The van der Waals surface area contributed by atoms with E-state index >= 15 is 0 Å². The molecule has 3 rings (SSSR count). The summed E-state index contributed by atoms with van der Waals surface area (Å²) in [5.74, 6) is 2.22. The second-order valence-corrected chi connectivity index (χ2v) is 4.50. The minimum absolute atomic E-state index is 1.08. The Morgan fingerprint density at radius 2 is 2.00 bits per heavy atom. The number of benzene rings is 1. The van der Waals surface area contributed by atoms with Gasteiger partial charge in [-0.05, 0) is 16.5 Å². The summed E-state index contributed by atoms with van der Waals surface area (Å²) in [4.78, 5) is 2.32. The Bertz CT molecular complexity index is 501. The van der Waals surface area contributed by atoms with Gasteiger partial charge in [-0.3, -0.25) is 0 Å². The van der Waals surface area contributed by atoms with E-state index in [0.29, 0.717) is 0 Å². The standard InChI is InChI=1S/C12H11NS/c1-2-4-11-8-13-9-14-6-5-12(13)7-10(11)3-1/h1-5,7-8H,6,9H2. The van der Waals surface area contributed by atoms with E-state index in [4.69, 9.17) is 0 Å². The molecule has 0 saturated carbocycles. The first-order chi connectivity index (χ1) is 6.93. The number of fused-ring (bicyclic) bond motifs is 2. The second kappa shape index (κ2) is 3.21. The molecule has 2 aliphatic rings. The SMILES string of the molecule is C1=C2C=c3ccccc3=CN2CSC1. The fourth-order valence-electron chi connectivity index (χ4n) is 1.83. The molecule has 1 aromatic carbocycles. The van der Waals surface area contributed by atoms with Gasteiger partial charge in [-0.25, -0.2) is 0 Å². The monoisotopic (exact) mass is 201 g/mol. The zero-order valence-electron chi connectivity index (χ0n) is 7.81. The molecule has 0 aliphatic carbocycles. The second-order valence-electron chi connectivity index (χ2n) is 3.50. The Morgan fingerprint density at radius 3 is 2.93 bits per heavy atom. The smallest absolute Gasteiger partial charge is 0.0685 e. The molecule has 2 heteroatoms. The van der Waals surface area contributed by atoms with Crippen molar-refractivity contribution >= 4 is 24.0 Å². The molecule has 14 heavy (non-hydrogen) atoms. The van der Waals surface area contributed by atoms with Crippen molar-refractivity contribution in [2.75, 3.05) is 11.6 Å². The van der Waals surface area contributed by atoms with E-state index in [1.807, 2.05) is 11.8 Å². The Morgan fingerprint density at radius 1 is 1.14 bits per heavy atom. The molecule has 1 aromatic rings. The first kappa shape index (κ1) is 8.18. The van der Waals surface area contributed by atoms with Gasteiger partial charge in [0.25, 0.3) is 0 Å². The van der Waals surface area contributed by atoms with Crippen LogP contribution in [-0.2, 0) is 0 Å². The quantitative estimate of drug-likeness (QED) is 0.618. The van der Waals surface area contributed by atoms with Gasteiger partial charge in [0.15, 0.2) is 0 Å². The molecular weight excluding hydrogens is 190 g/mol. The van der Waals surface area contributed by atoms with Gasteiger partial charge in [-0.15, -0.1) is 11.8 Å². The molecule has 0 radical (unpaired) electrons. The molecule has 0 amide bonds. The Balaban J connectivity index is 2.26. The van der Waals surface area contributed by atoms with Gasteiger partial charge < -0.3 is 4.90 Å². The first-order valence-corrected chi connectivity index (χ1v) is 5.92. The Kier molecular flexibility index (Phi) is 1.88. The van der Waals surface area contributed by atoms with Crippen molar-refractivity contribution < 1.29 is 0 Å². The van der Waals surface area contributed by atoms with E-state index < -0.39 is 0 Å². The molecular formula is C12H11NS. The van der Waals surface area contributed by atoms with Crippen molar-refractivity contribution in [1.29, 1.82) is 0 Å². The maximum absolute atomic E-state index is 2.32. The van der Waals surface area contributed by atoms with E-state index in [1.54, 1.807) is 0 Å². The molecule has 0 atom stereocenters. The molecule has 2 aliphatic heterocycles. The third kappa shape index (κ3) is 1.26. The van der Waals surface area contributed by atoms with Crippen LogP contribution in [0.1, 0.15) is 0 Å². The highest BCUT2D eigenvalue weighted by Crippen LogP contribution is 2.20. The summed E-state index contributed by atoms with van der Waals surface area (Å²) in [6, 6.07) is 8.53. The molecule has 0 fully saturated rings. The van der Waals surface area contributed by atoms with Crippen molar-refractivity contribution in [2.45, 2.75) is 0 Å². The van der Waals surface area contributed by atoms with Crippen LogP contribution < -0.4 is 10.4 Å². The van der Waals surface area contributed by atoms with Crippen molar-refractivity contribution in [3.05, 3.63) is 46.5 Å². The number of allylic oxidation sites excluding steroid dienone is 1. The van der Waals surface area contributed by atoms with Crippen molar-refractivity contribution in [3.8, 4) is 0 Å². The summed E-state index contributed by atoms with van der Waals surface area (Å²) in [6.07, 6.45) is 6.81. The number of hydrogen-bond acceptors (Lipinski definition) is 2. The van der Waals surface area contributed by atoms with E-state index in [9.17, 15) is 0 Å². The molecule has 70 valence electrons. The zero-order valence-corrected chi connectivity index (χ0v) is 8.63. The third-order valence-corrected chi connectivity index (χ3v) is 3.43. The highest BCUT2D eigenvalue weighted by molar-refractivity contribution is 7.99. The van der Waals surface area contributed by atoms with Crippen LogP contribution in [0.4, 0.5) is 0 Å². The van der Waals surface area contributed by atoms with Crippen LogP contribution in [0.2, 0.25) is 0 Å². The van der Waals surface area contributed by atoms with Crippen LogP contribution in [-0.4, -0.2) is 16.5 Å². The average molecular weight is 201 g/mol. The van der Waals surface area contributed by atoms with Crippen molar-refractivity contribution in [2.24, 2.45) is 0 Å². The summed E-state index contributed by atoms with van der Waals surface area (Å²) in [5, 5.41) is 2.66. The van der Waals surface area contributed by atoms with Gasteiger partial charge in [0.2, 0.25) is 0 Å². The molecule has 0 N–H and O–H groups in total. The Hall–Kier alpha value is -1.15. The van der Waals surface area contributed by atoms with Gasteiger partial charge in [0.05, 0.1) is 5.88 Å². The average Bonchev–Trinajstić information content (AvgIpc) is 2.26. The molecule has 0 bridgehead atoms. The largest absolute Gasteiger partial charge is 0.338 e. The van der Waals surface area contributed by atoms with E-state index in [1.165, 1.54) is 16.1 Å². The van der Waals surface area contributed by atoms with Crippen LogP contribution >= 0.6 is 11.8 Å². The maximum atomic E-state index is 2.32. The minimum Gasteiger partial charge on any atom is -0.338 e. The van der Waals surface area contributed by atoms with Gasteiger partial charge >= 0.3 is 0 Å². The predicted molar refractivity (Wildman–Crippen MR) is 61.9 cm³/mol. The number of hydrogen-bond donors (Lipinski definition) is 0. The summed E-state index contributed by atoms with van der Waals surface area (Å²) in [7, 11) is 0. The molecule has 1 nitrogen and oxygen atoms in total. The highest BCUT2D eigenvalue weighted by atomic mass is 32.2. The molecule has 2 heterocycles. The first-order valence-electron chi connectivity index (χ1n) is 4.77. The van der Waals surface area contributed by atoms with E-state index in [-0.39, 0.29) is 0 Å². The number of thioether (sulfide) groups is 1. The van der Waals surface area contributed by atoms with E-state index in [0.717, 1.165) is 11.6 Å². The lowest BCUT2D eigenvalue weighted by Gasteiger charge is -2.27. The van der Waals surface area contributed by atoms with Gasteiger partial charge in [-0.1, -0.05) is 30.3 Å². The van der Waals surface area contributed by atoms with Gasteiger partial charge in [0, 0.05) is 17.6 Å². The summed E-state index contributed by atoms with van der Waals surface area (Å²) >= 11 is 1.95. The predicted octanol–water partition coefficient (Wildman–Crippen LogP) is 1.11. The van der Waals surface area contributed by atoms with Gasteiger partial charge in [-0.2, -0.15) is 0 Å². The summed E-state index contributed by atoms with van der Waals surface area (Å²) in [6.45, 7) is 0. The normalized spacial score (nSPS) is 18.6. The fraction of sp³-hybridized carbons (Fsp3) is 0.167. The number of rotatable bonds is 0. The van der Waals surface area contributed by atoms with Crippen molar-refractivity contribution in [1.82, 2.24) is 4.90 Å². The van der Waals surface area contributed by atoms with Crippen LogP contribution in [0.3, 0.4) is 0 Å². The van der Waals surface area contributed by atoms with Crippen molar-refractivity contribution in [3.63, 3.8) is 0 Å². The molecule has 0 spiro atoms. The lowest BCUT2D eigenvalue weighted by Crippen LogP contribution is -2.35. The van der Waals surface area contributed by atoms with Crippen LogP contribution in [0.15, 0.2) is 36.0 Å². The molecule has 0 aromatic heterocycles. The Labute approximate surface area is 87.4 Å². The van der Waals surface area contributed by atoms with Crippen LogP contribution in [0.25, 0.3) is 12.3 Å². The summed E-state index contributed by atoms with van der Waals surface area (Å²) < 4.78 is 0. The van der Waals surface area contributed by atoms with E-state index in [2.05, 4.69) is 47.5 Å². The van der Waals surface area contributed by atoms with Crippen LogP contribution in [0.5, 0.6) is 0 Å². The lowest BCUT2D eigenvalue weighted by atomic mass is 10.1. The van der Waals surface area contributed by atoms with Crippen LogP contribution in [0, 0.1) is 0 Å². The fourth-order valence-corrected chi connectivity index (χ4v) is 2.64. The lowest BCUT2D eigenvalue weighted by molar-refractivity contribution is 0.613. The third-order valence-electron chi connectivity index (χ3n) is 2.57. The maximum Gasteiger partial charge on any atom is 0.0685 e. The molecule has 0 saturated heterocycles. The topological polar surface area (TPSA) is 3.24 Å². The highest BCUT2D eigenvalue weighted by Gasteiger charge is 2.11.